The number of carbonyl (C=O) groups excluding carboxylic acids is 8. The lowest BCUT2D eigenvalue weighted by molar-refractivity contribution is -0.213. The van der Waals surface area contributed by atoms with Gasteiger partial charge >= 0.3 is 48.5 Å². The molecule has 0 amide bonds. The molecule has 81 heavy (non-hydrogen) atoms. The Morgan fingerprint density at radius 2 is 0.469 bits per heavy atom. The van der Waals surface area contributed by atoms with Crippen LogP contribution >= 0.6 is 0 Å². The number of rotatable bonds is 12. The highest BCUT2D eigenvalue weighted by Crippen LogP contribution is 2.63. The van der Waals surface area contributed by atoms with Gasteiger partial charge in [-0.15, -0.1) is 0 Å². The van der Waals surface area contributed by atoms with Gasteiger partial charge in [-0.05, 0) is 206 Å². The van der Waals surface area contributed by atoms with Crippen molar-refractivity contribution in [2.75, 3.05) is 0 Å². The van der Waals surface area contributed by atoms with Crippen molar-refractivity contribution in [1.29, 1.82) is 0 Å². The lowest BCUT2D eigenvalue weighted by Gasteiger charge is -2.60. The normalized spacial score (nSPS) is 23.3. The predicted molar refractivity (Wildman–Crippen MR) is 282 cm³/mol. The Kier molecular flexibility index (Phi) is 20.3. The third-order valence-electron chi connectivity index (χ3n) is 16.8. The highest BCUT2D eigenvalue weighted by atomic mass is 17.3. The van der Waals surface area contributed by atoms with E-state index in [0.29, 0.717) is 125 Å². The lowest BCUT2D eigenvalue weighted by atomic mass is 9.45. The van der Waals surface area contributed by atoms with Gasteiger partial charge in [0.15, 0.2) is 0 Å². The van der Waals surface area contributed by atoms with Crippen molar-refractivity contribution >= 4 is 48.5 Å². The van der Waals surface area contributed by atoms with Crippen LogP contribution in [0.5, 0.6) is 0 Å². The SMILES string of the molecule is Cc1ccccc1C(=O)OOC(=O)OC1CCC(C(C2CCC(OC(=O)OOC(=O)c3ccccc3C)CC2)(C2CCC(OC(=O)OOC(=O)c3ccccc3C)CC2)C2CCC(OC(=O)OOC(=O)c3ccccc3C)CC2)CC1. The first-order valence-corrected chi connectivity index (χ1v) is 27.7. The summed E-state index contributed by atoms with van der Waals surface area (Å²) in [6.07, 6.45) is 2.08. The van der Waals surface area contributed by atoms with E-state index in [2.05, 4.69) is 0 Å². The molecule has 20 heteroatoms. The van der Waals surface area contributed by atoms with Crippen molar-refractivity contribution in [2.24, 2.45) is 29.1 Å². The molecule has 4 saturated carbocycles. The second kappa shape index (κ2) is 27.8. The Morgan fingerprint density at radius 1 is 0.284 bits per heavy atom. The van der Waals surface area contributed by atoms with Crippen molar-refractivity contribution in [1.82, 2.24) is 0 Å². The molecule has 0 unspecified atom stereocenters. The first-order chi connectivity index (χ1) is 39.1. The number of aryl methyl sites for hydroxylation is 4. The zero-order chi connectivity index (χ0) is 57.5. The fourth-order valence-corrected chi connectivity index (χ4v) is 13.0. The summed E-state index contributed by atoms with van der Waals surface area (Å²) < 4.78 is 23.0. The molecule has 432 valence electrons. The van der Waals surface area contributed by atoms with E-state index < -0.39 is 78.3 Å². The molecule has 4 aromatic carbocycles. The summed E-state index contributed by atoms with van der Waals surface area (Å²) in [5.41, 5.74) is 3.11. The van der Waals surface area contributed by atoms with Gasteiger partial charge in [0, 0.05) is 0 Å². The van der Waals surface area contributed by atoms with Crippen LogP contribution in [-0.2, 0) is 58.0 Å². The molecule has 0 bridgehead atoms. The quantitative estimate of drug-likeness (QED) is 0.0553. The number of hydrogen-bond acceptors (Lipinski definition) is 20. The smallest absolute Gasteiger partial charge is 0.428 e. The third kappa shape index (κ3) is 15.2. The van der Waals surface area contributed by atoms with Gasteiger partial charge in [-0.1, -0.05) is 72.8 Å². The van der Waals surface area contributed by atoms with Crippen LogP contribution in [0.4, 0.5) is 19.2 Å². The first kappa shape index (κ1) is 59.0. The largest absolute Gasteiger partial charge is 0.550 e. The molecule has 0 atom stereocenters. The average molecular weight is 1120 g/mol. The first-order valence-electron chi connectivity index (χ1n) is 27.7. The molecule has 0 saturated heterocycles. The summed E-state index contributed by atoms with van der Waals surface area (Å²) in [6, 6.07) is 26.9. The van der Waals surface area contributed by atoms with E-state index in [-0.39, 0.29) is 45.9 Å². The monoisotopic (exact) mass is 1120 g/mol. The maximum absolute atomic E-state index is 13.0. The molecule has 0 spiro atoms. The Morgan fingerprint density at radius 3 is 0.654 bits per heavy atom. The van der Waals surface area contributed by atoms with E-state index in [1.165, 1.54) is 0 Å². The predicted octanol–water partition coefficient (Wildman–Crippen LogP) is 13.1. The van der Waals surface area contributed by atoms with E-state index in [9.17, 15) is 38.4 Å². The van der Waals surface area contributed by atoms with Gasteiger partial charge in [0.05, 0.1) is 22.3 Å². The van der Waals surface area contributed by atoms with Crippen LogP contribution in [0.2, 0.25) is 0 Å². The van der Waals surface area contributed by atoms with E-state index in [1.807, 2.05) is 0 Å². The van der Waals surface area contributed by atoms with Gasteiger partial charge < -0.3 is 18.9 Å². The van der Waals surface area contributed by atoms with Crippen LogP contribution < -0.4 is 0 Å². The van der Waals surface area contributed by atoms with Gasteiger partial charge in [0.2, 0.25) is 0 Å². The van der Waals surface area contributed by atoms with Crippen LogP contribution in [0.1, 0.15) is 166 Å². The minimum absolute atomic E-state index is 0.0575. The highest BCUT2D eigenvalue weighted by Gasteiger charge is 2.57. The molecule has 0 aliphatic heterocycles. The Bertz CT molecular complexity index is 2480. The second-order valence-corrected chi connectivity index (χ2v) is 21.4. The van der Waals surface area contributed by atoms with Crippen molar-refractivity contribution in [2.45, 2.75) is 155 Å². The average Bonchev–Trinajstić information content (AvgIpc) is 3.58. The summed E-state index contributed by atoms with van der Waals surface area (Å²) in [4.78, 5) is 142. The van der Waals surface area contributed by atoms with Crippen LogP contribution in [0.25, 0.3) is 0 Å². The molecule has 4 aromatic rings. The number of ether oxygens (including phenoxy) is 4. The maximum Gasteiger partial charge on any atom is 0.550 e. The summed E-state index contributed by atoms with van der Waals surface area (Å²) >= 11 is 0. The van der Waals surface area contributed by atoms with Gasteiger partial charge in [0.1, 0.15) is 24.4 Å². The van der Waals surface area contributed by atoms with Crippen LogP contribution in [0.15, 0.2) is 97.1 Å². The molecule has 0 aromatic heterocycles. The van der Waals surface area contributed by atoms with Crippen LogP contribution in [0.3, 0.4) is 0 Å². The Hall–Kier alpha value is -8.16. The van der Waals surface area contributed by atoms with Gasteiger partial charge in [-0.3, -0.25) is 0 Å². The van der Waals surface area contributed by atoms with Gasteiger partial charge in [0.25, 0.3) is 0 Å². The standard InChI is InChI=1S/C61H68O20/c1-37-13-5-9-17-49(37)53(62)74-78-57(66)70-45-29-21-41(22-30-45)61(42-23-31-46(32-24-42)71-58(67)79-75-54(63)50-18-10-6-14-38(50)2,43-25-33-47(34-26-43)72-59(68)80-76-55(64)51-19-11-7-15-39(51)3)44-27-35-48(36-28-44)73-60(69)81-77-56(65)52-20-12-8-16-40(52)4/h5-20,41-48H,21-36H2,1-4H3. The second-order valence-electron chi connectivity index (χ2n) is 21.4. The molecule has 0 heterocycles. The molecule has 4 aliphatic rings. The maximum atomic E-state index is 13.0. The minimum atomic E-state index is -1.14. The van der Waals surface area contributed by atoms with Crippen molar-refractivity contribution in [3.05, 3.63) is 142 Å². The van der Waals surface area contributed by atoms with Crippen LogP contribution in [-0.4, -0.2) is 72.9 Å². The summed E-state index contributed by atoms with van der Waals surface area (Å²) in [6.45, 7) is 6.92. The Balaban J connectivity index is 0.976. The van der Waals surface area contributed by atoms with Gasteiger partial charge in [-0.2, -0.15) is 19.2 Å². The van der Waals surface area contributed by atoms with Crippen molar-refractivity contribution in [3.8, 4) is 0 Å². The molecule has 4 aliphatic carbocycles. The highest BCUT2D eigenvalue weighted by molar-refractivity contribution is 5.92. The molecule has 0 N–H and O–H groups in total. The van der Waals surface area contributed by atoms with E-state index in [0.717, 1.165) is 0 Å². The fourth-order valence-electron chi connectivity index (χ4n) is 13.0. The third-order valence-corrected chi connectivity index (χ3v) is 16.8. The molecule has 8 rings (SSSR count). The van der Waals surface area contributed by atoms with Gasteiger partial charge in [-0.25, -0.2) is 58.3 Å². The lowest BCUT2D eigenvalue weighted by Crippen LogP contribution is -2.54. The van der Waals surface area contributed by atoms with E-state index in [4.69, 9.17) is 58.0 Å². The zero-order valence-corrected chi connectivity index (χ0v) is 45.8. The summed E-state index contributed by atoms with van der Waals surface area (Å²) in [7, 11) is 0. The number of benzene rings is 4. The van der Waals surface area contributed by atoms with E-state index >= 15 is 0 Å². The molecule has 0 radical (unpaired) electrons. The molecular weight excluding hydrogens is 1050 g/mol. The van der Waals surface area contributed by atoms with E-state index in [1.54, 1.807) is 125 Å². The van der Waals surface area contributed by atoms with Crippen molar-refractivity contribution in [3.63, 3.8) is 0 Å². The van der Waals surface area contributed by atoms with Crippen molar-refractivity contribution < 1.29 is 96.4 Å². The Labute approximate surface area is 468 Å². The molecule has 20 nitrogen and oxygen atoms in total. The zero-order valence-electron chi connectivity index (χ0n) is 45.8. The van der Waals surface area contributed by atoms with Crippen LogP contribution in [0, 0.1) is 56.8 Å². The summed E-state index contributed by atoms with van der Waals surface area (Å²) in [5, 5.41) is 0. The molecular formula is C61H68O20. The topological polar surface area (TPSA) is 247 Å². The molecule has 4 fully saturated rings. The minimum Gasteiger partial charge on any atom is -0.428 e. The summed E-state index contributed by atoms with van der Waals surface area (Å²) in [5.74, 6) is -3.12. The number of carbonyl (C=O) groups is 8. The number of hydrogen-bond donors (Lipinski definition) is 0. The fraction of sp³-hybridized carbons (Fsp3) is 0.475.